The van der Waals surface area contributed by atoms with Crippen molar-refractivity contribution >= 4 is 55.3 Å². The van der Waals surface area contributed by atoms with E-state index < -0.39 is 10.0 Å². The molecule has 166 valence electrons. The zero-order valence-electron chi connectivity index (χ0n) is 17.4. The van der Waals surface area contributed by atoms with Crippen molar-refractivity contribution in [3.8, 4) is 0 Å². The molecule has 0 fully saturated rings. The van der Waals surface area contributed by atoms with E-state index in [4.69, 9.17) is 4.52 Å². The number of hydrogen-bond donors (Lipinski definition) is 1. The summed E-state index contributed by atoms with van der Waals surface area (Å²) in [5.41, 5.74) is 0.970. The van der Waals surface area contributed by atoms with Crippen LogP contribution in [0.2, 0.25) is 0 Å². The zero-order valence-corrected chi connectivity index (χ0v) is 19.1. The molecule has 1 amide bonds. The summed E-state index contributed by atoms with van der Waals surface area (Å²) in [7, 11) is -3.97. The van der Waals surface area contributed by atoms with Gasteiger partial charge in [0.1, 0.15) is 5.76 Å². The van der Waals surface area contributed by atoms with Gasteiger partial charge >= 0.3 is 0 Å². The number of hydrogen-bond acceptors (Lipinski definition) is 7. The maximum Gasteiger partial charge on any atom is 0.270 e. The summed E-state index contributed by atoms with van der Waals surface area (Å²) in [6.07, 6.45) is 0. The summed E-state index contributed by atoms with van der Waals surface area (Å²) in [4.78, 5) is 17.0. The predicted molar refractivity (Wildman–Crippen MR) is 127 cm³/mol. The number of thioether (sulfide) groups is 1. The van der Waals surface area contributed by atoms with Crippen molar-refractivity contribution in [1.29, 1.82) is 0 Å². The van der Waals surface area contributed by atoms with Crippen LogP contribution in [-0.4, -0.2) is 34.2 Å². The minimum Gasteiger partial charge on any atom is -0.360 e. The first kappa shape index (κ1) is 21.2. The molecule has 1 N–H and O–H groups in total. The van der Waals surface area contributed by atoms with Gasteiger partial charge in [0, 0.05) is 6.07 Å². The zero-order chi connectivity index (χ0) is 23.0. The van der Waals surface area contributed by atoms with Crippen LogP contribution in [0.25, 0.3) is 21.8 Å². The summed E-state index contributed by atoms with van der Waals surface area (Å²) in [5.74, 6) is 0.467. The average Bonchev–Trinajstić information content (AvgIpc) is 3.40. The van der Waals surface area contributed by atoms with Gasteiger partial charge in [-0.1, -0.05) is 59.4 Å². The Morgan fingerprint density at radius 2 is 1.79 bits per heavy atom. The van der Waals surface area contributed by atoms with Gasteiger partial charge in [-0.2, -0.15) is 0 Å². The first-order chi connectivity index (χ1) is 15.9. The molecular formula is C23H18N4O4S2. The Kier molecular flexibility index (Phi) is 5.39. The maximum absolute atomic E-state index is 13.7. The number of para-hydroxylation sites is 2. The molecule has 5 rings (SSSR count). The van der Waals surface area contributed by atoms with E-state index >= 15 is 0 Å². The fourth-order valence-electron chi connectivity index (χ4n) is 3.47. The second-order valence-corrected chi connectivity index (χ2v) is 10.1. The third kappa shape index (κ3) is 4.10. The number of aromatic nitrogens is 3. The molecule has 33 heavy (non-hydrogen) atoms. The highest BCUT2D eigenvalue weighted by atomic mass is 32.2. The number of benzene rings is 3. The number of amides is 1. The lowest BCUT2D eigenvalue weighted by Crippen LogP contribution is -2.17. The second kappa shape index (κ2) is 8.38. The molecule has 0 bridgehead atoms. The fraction of sp³-hybridized carbons (Fsp3) is 0.0870. The van der Waals surface area contributed by atoms with Crippen LogP contribution in [0.5, 0.6) is 0 Å². The Bertz CT molecular complexity index is 1610. The van der Waals surface area contributed by atoms with Crippen LogP contribution in [0.1, 0.15) is 5.76 Å². The molecule has 2 heterocycles. The van der Waals surface area contributed by atoms with Crippen LogP contribution in [-0.2, 0) is 14.8 Å². The summed E-state index contributed by atoms with van der Waals surface area (Å²) in [6, 6.07) is 21.1. The number of carbonyl (C=O) groups excluding carboxylic acids is 1. The molecular weight excluding hydrogens is 460 g/mol. The molecule has 0 aliphatic rings. The van der Waals surface area contributed by atoms with Gasteiger partial charge in [0.05, 0.1) is 21.7 Å². The normalized spacial score (nSPS) is 11.8. The number of anilines is 1. The van der Waals surface area contributed by atoms with Crippen molar-refractivity contribution in [3.63, 3.8) is 0 Å². The topological polar surface area (TPSA) is 107 Å². The third-order valence-electron chi connectivity index (χ3n) is 4.98. The third-order valence-corrected chi connectivity index (χ3v) is 7.73. The summed E-state index contributed by atoms with van der Waals surface area (Å²) in [5, 5.41) is 8.33. The fourth-order valence-corrected chi connectivity index (χ4v) is 6.02. The molecule has 0 saturated heterocycles. The van der Waals surface area contributed by atoms with E-state index in [1.165, 1.54) is 3.97 Å². The maximum atomic E-state index is 13.7. The molecule has 8 nitrogen and oxygen atoms in total. The molecule has 0 saturated carbocycles. The minimum atomic E-state index is -3.97. The molecule has 0 atom stereocenters. The van der Waals surface area contributed by atoms with Crippen LogP contribution >= 0.6 is 11.8 Å². The van der Waals surface area contributed by atoms with Crippen molar-refractivity contribution < 1.29 is 17.7 Å². The smallest absolute Gasteiger partial charge is 0.270 e. The molecule has 0 aliphatic heterocycles. The van der Waals surface area contributed by atoms with Crippen molar-refractivity contribution in [2.45, 2.75) is 17.0 Å². The SMILES string of the molecule is Cc1cc(NC(=O)CSc2nc3ccccc3n2S(=O)(=O)c2ccc3ccccc3c2)no1. The van der Waals surface area contributed by atoms with E-state index in [2.05, 4.69) is 15.5 Å². The Morgan fingerprint density at radius 3 is 2.58 bits per heavy atom. The lowest BCUT2D eigenvalue weighted by Gasteiger charge is -2.11. The summed E-state index contributed by atoms with van der Waals surface area (Å²) < 4.78 is 33.5. The first-order valence-corrected chi connectivity index (χ1v) is 12.4. The van der Waals surface area contributed by atoms with E-state index in [-0.39, 0.29) is 21.7 Å². The number of nitrogens with one attached hydrogen (secondary N) is 1. The highest BCUT2D eigenvalue weighted by molar-refractivity contribution is 8.00. The Balaban J connectivity index is 1.51. The van der Waals surface area contributed by atoms with E-state index in [9.17, 15) is 13.2 Å². The van der Waals surface area contributed by atoms with Gasteiger partial charge in [-0.15, -0.1) is 0 Å². The lowest BCUT2D eigenvalue weighted by molar-refractivity contribution is -0.113. The van der Waals surface area contributed by atoms with E-state index in [0.717, 1.165) is 22.5 Å². The summed E-state index contributed by atoms with van der Waals surface area (Å²) in [6.45, 7) is 1.72. The van der Waals surface area contributed by atoms with Crippen molar-refractivity contribution in [2.75, 3.05) is 11.1 Å². The monoisotopic (exact) mass is 478 g/mol. The summed E-state index contributed by atoms with van der Waals surface area (Å²) >= 11 is 1.03. The number of aryl methyl sites for hydroxylation is 1. The molecule has 3 aromatic carbocycles. The first-order valence-electron chi connectivity index (χ1n) is 10.00. The van der Waals surface area contributed by atoms with Gasteiger partial charge in [0.25, 0.3) is 10.0 Å². The Morgan fingerprint density at radius 1 is 1.03 bits per heavy atom. The molecule has 0 aliphatic carbocycles. The van der Waals surface area contributed by atoms with Gasteiger partial charge < -0.3 is 9.84 Å². The highest BCUT2D eigenvalue weighted by Crippen LogP contribution is 2.30. The quantitative estimate of drug-likeness (QED) is 0.359. The Hall–Kier alpha value is -3.63. The predicted octanol–water partition coefficient (Wildman–Crippen LogP) is 4.45. The largest absolute Gasteiger partial charge is 0.360 e. The van der Waals surface area contributed by atoms with E-state index in [1.807, 2.05) is 24.3 Å². The molecule has 0 radical (unpaired) electrons. The number of imidazole rings is 1. The van der Waals surface area contributed by atoms with Gasteiger partial charge in [0.15, 0.2) is 11.0 Å². The van der Waals surface area contributed by atoms with Crippen LogP contribution in [0.4, 0.5) is 5.82 Å². The van der Waals surface area contributed by atoms with Crippen LogP contribution in [0.3, 0.4) is 0 Å². The van der Waals surface area contributed by atoms with E-state index in [1.54, 1.807) is 55.5 Å². The van der Waals surface area contributed by atoms with Crippen LogP contribution in [0, 0.1) is 6.92 Å². The Labute approximate surface area is 193 Å². The molecule has 10 heteroatoms. The van der Waals surface area contributed by atoms with Gasteiger partial charge in [-0.05, 0) is 42.0 Å². The van der Waals surface area contributed by atoms with Gasteiger partial charge in [0.2, 0.25) is 5.91 Å². The number of carbonyl (C=O) groups is 1. The minimum absolute atomic E-state index is 0.0531. The highest BCUT2D eigenvalue weighted by Gasteiger charge is 2.25. The van der Waals surface area contributed by atoms with Crippen molar-refractivity contribution in [2.24, 2.45) is 0 Å². The molecule has 0 unspecified atom stereocenters. The number of fused-ring (bicyclic) bond motifs is 2. The second-order valence-electron chi connectivity index (χ2n) is 7.32. The standard InChI is InChI=1S/C23H18N4O4S2/c1-15-12-21(26-31-15)25-22(28)14-32-23-24-19-8-4-5-9-20(19)27(23)33(29,30)18-11-10-16-6-2-3-7-17(16)13-18/h2-13H,14H2,1H3,(H,25,26,28). The van der Waals surface area contributed by atoms with Crippen molar-refractivity contribution in [1.82, 2.24) is 14.1 Å². The van der Waals surface area contributed by atoms with Crippen LogP contribution < -0.4 is 5.32 Å². The molecule has 0 spiro atoms. The average molecular weight is 479 g/mol. The van der Waals surface area contributed by atoms with Gasteiger partial charge in [-0.25, -0.2) is 17.4 Å². The van der Waals surface area contributed by atoms with Crippen LogP contribution in [0.15, 0.2) is 87.4 Å². The van der Waals surface area contributed by atoms with Crippen molar-refractivity contribution in [3.05, 3.63) is 78.6 Å². The van der Waals surface area contributed by atoms with E-state index in [0.29, 0.717) is 22.6 Å². The lowest BCUT2D eigenvalue weighted by atomic mass is 10.1. The molecule has 2 aromatic heterocycles. The van der Waals surface area contributed by atoms with Gasteiger partial charge in [-0.3, -0.25) is 4.79 Å². The molecule has 5 aromatic rings. The number of rotatable bonds is 6. The number of nitrogens with zero attached hydrogens (tertiary/aromatic N) is 3.